The topological polar surface area (TPSA) is 55.8 Å². The van der Waals surface area contributed by atoms with E-state index in [-0.39, 0.29) is 24.4 Å². The van der Waals surface area contributed by atoms with Gasteiger partial charge in [0.25, 0.3) is 5.91 Å². The second-order valence-corrected chi connectivity index (χ2v) is 5.86. The van der Waals surface area contributed by atoms with Crippen LogP contribution in [0, 0.1) is 5.92 Å². The van der Waals surface area contributed by atoms with Crippen molar-refractivity contribution in [2.24, 2.45) is 5.92 Å². The molecule has 1 aromatic rings. The maximum absolute atomic E-state index is 12.1. The van der Waals surface area contributed by atoms with E-state index in [4.69, 9.17) is 9.47 Å². The third-order valence-corrected chi connectivity index (χ3v) is 3.96. The number of carbonyl (C=O) groups excluding carboxylic acids is 2. The van der Waals surface area contributed by atoms with E-state index >= 15 is 0 Å². The second kappa shape index (κ2) is 7.45. The van der Waals surface area contributed by atoms with Crippen LogP contribution in [-0.4, -0.2) is 43.6 Å². The molecule has 0 aromatic heterocycles. The SMILES string of the molecule is COC(=O)C1CCCN(C(=O)COc2cccc(Br)c2)C1. The molecule has 6 heteroatoms. The molecule has 1 fully saturated rings. The summed E-state index contributed by atoms with van der Waals surface area (Å²) in [6.07, 6.45) is 1.57. The zero-order valence-electron chi connectivity index (χ0n) is 11.9. The maximum atomic E-state index is 12.1. The van der Waals surface area contributed by atoms with Crippen LogP contribution < -0.4 is 4.74 Å². The molecule has 1 saturated heterocycles. The molecular weight excluding hydrogens is 338 g/mol. The zero-order valence-corrected chi connectivity index (χ0v) is 13.5. The molecule has 0 radical (unpaired) electrons. The predicted octanol–water partition coefficient (Wildman–Crippen LogP) is 2.24. The Morgan fingerprint density at radius 3 is 2.95 bits per heavy atom. The van der Waals surface area contributed by atoms with E-state index in [0.29, 0.717) is 18.8 Å². The molecule has 1 aliphatic heterocycles. The number of ether oxygens (including phenoxy) is 2. The standard InChI is InChI=1S/C15H18BrNO4/c1-20-15(19)11-4-3-7-17(9-11)14(18)10-21-13-6-2-5-12(16)8-13/h2,5-6,8,11H,3-4,7,9-10H2,1H3. The summed E-state index contributed by atoms with van der Waals surface area (Å²) in [5, 5.41) is 0. The summed E-state index contributed by atoms with van der Waals surface area (Å²) in [5.41, 5.74) is 0. The number of likely N-dealkylation sites (tertiary alicyclic amines) is 1. The molecule has 0 spiro atoms. The molecule has 5 nitrogen and oxygen atoms in total. The van der Waals surface area contributed by atoms with Crippen molar-refractivity contribution in [1.82, 2.24) is 4.90 Å². The molecule has 1 aliphatic rings. The summed E-state index contributed by atoms with van der Waals surface area (Å²) in [7, 11) is 1.37. The Morgan fingerprint density at radius 1 is 1.43 bits per heavy atom. The summed E-state index contributed by atoms with van der Waals surface area (Å²) in [4.78, 5) is 25.4. The first-order chi connectivity index (χ1) is 10.1. The maximum Gasteiger partial charge on any atom is 0.310 e. The Balaban J connectivity index is 1.86. The van der Waals surface area contributed by atoms with Crippen LogP contribution in [0.1, 0.15) is 12.8 Å². The van der Waals surface area contributed by atoms with Gasteiger partial charge in [-0.2, -0.15) is 0 Å². The molecule has 0 N–H and O–H groups in total. The van der Waals surface area contributed by atoms with Crippen LogP contribution in [0.3, 0.4) is 0 Å². The van der Waals surface area contributed by atoms with Crippen molar-refractivity contribution in [3.63, 3.8) is 0 Å². The fourth-order valence-electron chi connectivity index (χ4n) is 2.36. The molecule has 21 heavy (non-hydrogen) atoms. The van der Waals surface area contributed by atoms with Crippen LogP contribution in [0.4, 0.5) is 0 Å². The van der Waals surface area contributed by atoms with Gasteiger partial charge in [0.2, 0.25) is 0 Å². The van der Waals surface area contributed by atoms with E-state index in [2.05, 4.69) is 15.9 Å². The number of hydrogen-bond donors (Lipinski definition) is 0. The molecule has 1 amide bonds. The van der Waals surface area contributed by atoms with E-state index < -0.39 is 0 Å². The molecule has 1 unspecified atom stereocenters. The number of rotatable bonds is 4. The number of esters is 1. The number of hydrogen-bond acceptors (Lipinski definition) is 4. The highest BCUT2D eigenvalue weighted by Gasteiger charge is 2.29. The van der Waals surface area contributed by atoms with Crippen molar-refractivity contribution in [1.29, 1.82) is 0 Å². The minimum atomic E-state index is -0.250. The van der Waals surface area contributed by atoms with Gasteiger partial charge in [-0.3, -0.25) is 9.59 Å². The fraction of sp³-hybridized carbons (Fsp3) is 0.467. The zero-order chi connectivity index (χ0) is 15.2. The number of benzene rings is 1. The normalized spacial score (nSPS) is 18.2. The third-order valence-electron chi connectivity index (χ3n) is 3.47. The lowest BCUT2D eigenvalue weighted by molar-refractivity contribution is -0.149. The molecule has 0 bridgehead atoms. The number of halogens is 1. The first kappa shape index (κ1) is 15.8. The lowest BCUT2D eigenvalue weighted by Crippen LogP contribution is -2.44. The van der Waals surface area contributed by atoms with Gasteiger partial charge >= 0.3 is 5.97 Å². The third kappa shape index (κ3) is 4.46. The van der Waals surface area contributed by atoms with Crippen LogP contribution in [-0.2, 0) is 14.3 Å². The van der Waals surface area contributed by atoms with Gasteiger partial charge in [-0.25, -0.2) is 0 Å². The minimum Gasteiger partial charge on any atom is -0.484 e. The highest BCUT2D eigenvalue weighted by Crippen LogP contribution is 2.20. The van der Waals surface area contributed by atoms with Crippen LogP contribution in [0.2, 0.25) is 0 Å². The summed E-state index contributed by atoms with van der Waals surface area (Å²) in [6.45, 7) is 1.05. The van der Waals surface area contributed by atoms with Gasteiger partial charge in [-0.1, -0.05) is 22.0 Å². The number of methoxy groups -OCH3 is 1. The highest BCUT2D eigenvalue weighted by atomic mass is 79.9. The minimum absolute atomic E-state index is 0.0235. The molecule has 2 rings (SSSR count). The first-order valence-electron chi connectivity index (χ1n) is 6.84. The van der Waals surface area contributed by atoms with Crippen LogP contribution >= 0.6 is 15.9 Å². The van der Waals surface area contributed by atoms with Gasteiger partial charge in [0.15, 0.2) is 6.61 Å². The van der Waals surface area contributed by atoms with E-state index in [0.717, 1.165) is 17.3 Å². The van der Waals surface area contributed by atoms with E-state index in [1.165, 1.54) is 7.11 Å². The number of nitrogens with zero attached hydrogens (tertiary/aromatic N) is 1. The average molecular weight is 356 g/mol. The Kier molecular flexibility index (Phi) is 5.61. The monoisotopic (exact) mass is 355 g/mol. The van der Waals surface area contributed by atoms with Crippen molar-refractivity contribution in [2.75, 3.05) is 26.8 Å². The van der Waals surface area contributed by atoms with Crippen molar-refractivity contribution in [3.05, 3.63) is 28.7 Å². The lowest BCUT2D eigenvalue weighted by Gasteiger charge is -2.31. The van der Waals surface area contributed by atoms with Gasteiger partial charge in [0, 0.05) is 17.6 Å². The van der Waals surface area contributed by atoms with E-state index in [9.17, 15) is 9.59 Å². The van der Waals surface area contributed by atoms with Crippen molar-refractivity contribution < 1.29 is 19.1 Å². The largest absolute Gasteiger partial charge is 0.484 e. The van der Waals surface area contributed by atoms with E-state index in [1.54, 1.807) is 17.0 Å². The Labute approximate surface area is 132 Å². The summed E-state index contributed by atoms with van der Waals surface area (Å²) in [5.74, 6) is 0.0572. The molecule has 1 heterocycles. The summed E-state index contributed by atoms with van der Waals surface area (Å²) in [6, 6.07) is 7.34. The van der Waals surface area contributed by atoms with Gasteiger partial charge in [0.05, 0.1) is 13.0 Å². The van der Waals surface area contributed by atoms with E-state index in [1.807, 2.05) is 12.1 Å². The molecular formula is C15H18BrNO4. The predicted molar refractivity (Wildman–Crippen MR) is 81.0 cm³/mol. The number of amides is 1. The van der Waals surface area contributed by atoms with Crippen LogP contribution in [0.15, 0.2) is 28.7 Å². The average Bonchev–Trinajstić information content (AvgIpc) is 2.52. The summed E-state index contributed by atoms with van der Waals surface area (Å²) >= 11 is 3.35. The first-order valence-corrected chi connectivity index (χ1v) is 7.63. The highest BCUT2D eigenvalue weighted by molar-refractivity contribution is 9.10. The quantitative estimate of drug-likeness (QED) is 0.777. The van der Waals surface area contributed by atoms with Crippen molar-refractivity contribution in [2.45, 2.75) is 12.8 Å². The number of piperidine rings is 1. The van der Waals surface area contributed by atoms with Crippen molar-refractivity contribution >= 4 is 27.8 Å². The van der Waals surface area contributed by atoms with Gasteiger partial charge in [-0.15, -0.1) is 0 Å². The Hall–Kier alpha value is -1.56. The molecule has 1 atom stereocenters. The smallest absolute Gasteiger partial charge is 0.310 e. The second-order valence-electron chi connectivity index (χ2n) is 4.95. The Morgan fingerprint density at radius 2 is 2.24 bits per heavy atom. The lowest BCUT2D eigenvalue weighted by atomic mass is 9.98. The van der Waals surface area contributed by atoms with Crippen LogP contribution in [0.25, 0.3) is 0 Å². The molecule has 114 valence electrons. The Bertz CT molecular complexity index is 520. The van der Waals surface area contributed by atoms with Gasteiger partial charge < -0.3 is 14.4 Å². The molecule has 0 saturated carbocycles. The van der Waals surface area contributed by atoms with Crippen molar-refractivity contribution in [3.8, 4) is 5.75 Å². The number of carbonyl (C=O) groups is 2. The summed E-state index contributed by atoms with van der Waals surface area (Å²) < 4.78 is 11.1. The molecule has 1 aromatic carbocycles. The molecule has 0 aliphatic carbocycles. The van der Waals surface area contributed by atoms with Gasteiger partial charge in [-0.05, 0) is 31.0 Å². The van der Waals surface area contributed by atoms with Crippen LogP contribution in [0.5, 0.6) is 5.75 Å². The fourth-order valence-corrected chi connectivity index (χ4v) is 2.73. The van der Waals surface area contributed by atoms with Gasteiger partial charge in [0.1, 0.15) is 5.75 Å².